The third-order valence-corrected chi connectivity index (χ3v) is 6.17. The predicted octanol–water partition coefficient (Wildman–Crippen LogP) is 3.32. The SMILES string of the molecule is Cc1ccc(S[C@@H](C)c2nc(CC3CCN(C)CC3)nn2CCO)cc1. The van der Waals surface area contributed by atoms with Crippen LogP contribution in [0.3, 0.4) is 0 Å². The highest BCUT2D eigenvalue weighted by Gasteiger charge is 2.22. The first kappa shape index (κ1) is 19.4. The van der Waals surface area contributed by atoms with Crippen LogP contribution in [0.15, 0.2) is 29.2 Å². The molecule has 0 bridgehead atoms. The van der Waals surface area contributed by atoms with Crippen molar-refractivity contribution in [2.45, 2.75) is 49.8 Å². The highest BCUT2D eigenvalue weighted by Crippen LogP contribution is 2.34. The number of rotatable bonds is 7. The minimum absolute atomic E-state index is 0.0892. The highest BCUT2D eigenvalue weighted by molar-refractivity contribution is 7.99. The minimum Gasteiger partial charge on any atom is -0.394 e. The van der Waals surface area contributed by atoms with Crippen molar-refractivity contribution < 1.29 is 5.11 Å². The predicted molar refractivity (Wildman–Crippen MR) is 106 cm³/mol. The standard InChI is InChI=1S/C20H30N4OS/c1-15-4-6-18(7-5-15)26-16(2)20-21-19(22-24(20)12-13-25)14-17-8-10-23(3)11-9-17/h4-7,16-17,25H,8-14H2,1-3H3/t16-/m0/s1. The molecule has 2 aromatic rings. The molecular weight excluding hydrogens is 344 g/mol. The molecule has 1 aliphatic heterocycles. The van der Waals surface area contributed by atoms with E-state index in [9.17, 15) is 5.11 Å². The second-order valence-corrected chi connectivity index (χ2v) is 8.77. The van der Waals surface area contributed by atoms with Crippen LogP contribution in [-0.2, 0) is 13.0 Å². The quantitative estimate of drug-likeness (QED) is 0.754. The molecule has 1 aromatic heterocycles. The molecule has 1 aromatic carbocycles. The number of aromatic nitrogens is 3. The Balaban J connectivity index is 1.70. The molecule has 0 radical (unpaired) electrons. The fraction of sp³-hybridized carbons (Fsp3) is 0.600. The van der Waals surface area contributed by atoms with Gasteiger partial charge in [0.05, 0.1) is 18.4 Å². The van der Waals surface area contributed by atoms with Crippen molar-refractivity contribution in [3.63, 3.8) is 0 Å². The van der Waals surface area contributed by atoms with Gasteiger partial charge in [-0.05, 0) is 64.9 Å². The largest absolute Gasteiger partial charge is 0.394 e. The summed E-state index contributed by atoms with van der Waals surface area (Å²) >= 11 is 1.79. The Hall–Kier alpha value is -1.37. The van der Waals surface area contributed by atoms with Gasteiger partial charge in [-0.3, -0.25) is 0 Å². The van der Waals surface area contributed by atoms with Crippen LogP contribution < -0.4 is 0 Å². The van der Waals surface area contributed by atoms with Crippen LogP contribution in [0, 0.1) is 12.8 Å². The molecule has 3 rings (SSSR count). The third kappa shape index (κ3) is 5.09. The number of aryl methyl sites for hydroxylation is 1. The van der Waals surface area contributed by atoms with Crippen LogP contribution in [0.1, 0.15) is 42.2 Å². The Morgan fingerprint density at radius 3 is 2.58 bits per heavy atom. The highest BCUT2D eigenvalue weighted by atomic mass is 32.2. The van der Waals surface area contributed by atoms with Crippen LogP contribution in [-0.4, -0.2) is 51.5 Å². The molecule has 1 atom stereocenters. The first-order chi connectivity index (χ1) is 12.5. The van der Waals surface area contributed by atoms with Crippen molar-refractivity contribution in [2.24, 2.45) is 5.92 Å². The van der Waals surface area contributed by atoms with Crippen LogP contribution in [0.2, 0.25) is 0 Å². The van der Waals surface area contributed by atoms with Crippen LogP contribution in [0.25, 0.3) is 0 Å². The van der Waals surface area contributed by atoms with E-state index in [2.05, 4.69) is 50.1 Å². The van der Waals surface area contributed by atoms with Gasteiger partial charge < -0.3 is 10.0 Å². The summed E-state index contributed by atoms with van der Waals surface area (Å²) in [7, 11) is 2.19. The van der Waals surface area contributed by atoms with Crippen LogP contribution in [0.5, 0.6) is 0 Å². The number of likely N-dealkylation sites (tertiary alicyclic amines) is 1. The van der Waals surface area contributed by atoms with Gasteiger partial charge in [-0.1, -0.05) is 17.7 Å². The average Bonchev–Trinajstić information content (AvgIpc) is 3.02. The Bertz CT molecular complexity index is 692. The lowest BCUT2D eigenvalue weighted by atomic mass is 9.94. The van der Waals surface area contributed by atoms with Crippen molar-refractivity contribution in [3.05, 3.63) is 41.5 Å². The molecule has 1 aliphatic rings. The average molecular weight is 375 g/mol. The van der Waals surface area contributed by atoms with Crippen LogP contribution >= 0.6 is 11.8 Å². The number of aliphatic hydroxyl groups is 1. The van der Waals surface area contributed by atoms with E-state index < -0.39 is 0 Å². The summed E-state index contributed by atoms with van der Waals surface area (Å²) in [6.07, 6.45) is 3.38. The van der Waals surface area contributed by atoms with E-state index in [4.69, 9.17) is 10.1 Å². The molecule has 1 saturated heterocycles. The molecule has 0 aliphatic carbocycles. The second kappa shape index (κ2) is 9.02. The summed E-state index contributed by atoms with van der Waals surface area (Å²) in [6, 6.07) is 8.59. The van der Waals surface area contributed by atoms with Gasteiger partial charge in [-0.15, -0.1) is 11.8 Å². The van der Waals surface area contributed by atoms with E-state index in [1.807, 2.05) is 4.68 Å². The molecule has 2 heterocycles. The van der Waals surface area contributed by atoms with E-state index in [1.165, 1.54) is 23.3 Å². The maximum atomic E-state index is 9.41. The van der Waals surface area contributed by atoms with Gasteiger partial charge in [-0.25, -0.2) is 9.67 Å². The second-order valence-electron chi connectivity index (χ2n) is 7.36. The Morgan fingerprint density at radius 2 is 1.92 bits per heavy atom. The fourth-order valence-electron chi connectivity index (χ4n) is 3.45. The number of benzene rings is 1. The van der Waals surface area contributed by atoms with Crippen molar-refractivity contribution in [1.82, 2.24) is 19.7 Å². The molecule has 1 N–H and O–H groups in total. The van der Waals surface area contributed by atoms with Gasteiger partial charge in [0.2, 0.25) is 0 Å². The maximum absolute atomic E-state index is 9.41. The summed E-state index contributed by atoms with van der Waals surface area (Å²) in [6.45, 7) is 7.19. The monoisotopic (exact) mass is 374 g/mol. The summed E-state index contributed by atoms with van der Waals surface area (Å²) in [4.78, 5) is 8.49. The topological polar surface area (TPSA) is 54.2 Å². The number of nitrogens with zero attached hydrogens (tertiary/aromatic N) is 4. The molecule has 6 heteroatoms. The van der Waals surface area contributed by atoms with Gasteiger partial charge in [0.15, 0.2) is 5.82 Å². The zero-order valence-corrected chi connectivity index (χ0v) is 16.9. The summed E-state index contributed by atoms with van der Waals surface area (Å²) < 4.78 is 1.90. The van der Waals surface area contributed by atoms with E-state index >= 15 is 0 Å². The smallest absolute Gasteiger partial charge is 0.151 e. The van der Waals surface area contributed by atoms with E-state index in [0.29, 0.717) is 12.5 Å². The fourth-order valence-corrected chi connectivity index (χ4v) is 4.43. The molecule has 142 valence electrons. The van der Waals surface area contributed by atoms with Gasteiger partial charge in [0.1, 0.15) is 5.82 Å². The first-order valence-corrected chi connectivity index (χ1v) is 10.4. The number of hydrogen-bond donors (Lipinski definition) is 1. The Labute approximate surface area is 160 Å². The number of piperidine rings is 1. The lowest BCUT2D eigenvalue weighted by Crippen LogP contribution is -2.31. The number of thioether (sulfide) groups is 1. The molecule has 0 spiro atoms. The van der Waals surface area contributed by atoms with Crippen molar-refractivity contribution >= 4 is 11.8 Å². The number of hydrogen-bond acceptors (Lipinski definition) is 5. The van der Waals surface area contributed by atoms with E-state index in [-0.39, 0.29) is 11.9 Å². The normalized spacial score (nSPS) is 17.5. The molecule has 5 nitrogen and oxygen atoms in total. The molecule has 0 amide bonds. The van der Waals surface area contributed by atoms with E-state index in [0.717, 1.165) is 31.2 Å². The lowest BCUT2D eigenvalue weighted by Gasteiger charge is -2.28. The van der Waals surface area contributed by atoms with Crippen molar-refractivity contribution in [2.75, 3.05) is 26.7 Å². The summed E-state index contributed by atoms with van der Waals surface area (Å²) in [5.74, 6) is 2.57. The molecule has 0 unspecified atom stereocenters. The van der Waals surface area contributed by atoms with E-state index in [1.54, 1.807) is 11.8 Å². The van der Waals surface area contributed by atoms with Crippen LogP contribution in [0.4, 0.5) is 0 Å². The third-order valence-electron chi connectivity index (χ3n) is 5.06. The molecule has 26 heavy (non-hydrogen) atoms. The molecular formula is C20H30N4OS. The van der Waals surface area contributed by atoms with Crippen molar-refractivity contribution in [3.8, 4) is 0 Å². The van der Waals surface area contributed by atoms with Gasteiger partial charge in [-0.2, -0.15) is 5.10 Å². The Morgan fingerprint density at radius 1 is 1.23 bits per heavy atom. The zero-order valence-electron chi connectivity index (χ0n) is 16.1. The van der Waals surface area contributed by atoms with Gasteiger partial charge >= 0.3 is 0 Å². The molecule has 1 fully saturated rings. The minimum atomic E-state index is 0.0892. The van der Waals surface area contributed by atoms with Gasteiger partial charge in [0.25, 0.3) is 0 Å². The maximum Gasteiger partial charge on any atom is 0.151 e. The first-order valence-electron chi connectivity index (χ1n) is 9.51. The summed E-state index contributed by atoms with van der Waals surface area (Å²) in [5, 5.41) is 14.3. The number of aliphatic hydroxyl groups excluding tert-OH is 1. The van der Waals surface area contributed by atoms with Gasteiger partial charge in [0, 0.05) is 11.3 Å². The summed E-state index contributed by atoms with van der Waals surface area (Å²) in [5.41, 5.74) is 1.27. The van der Waals surface area contributed by atoms with Crippen molar-refractivity contribution in [1.29, 1.82) is 0 Å². The Kier molecular flexibility index (Phi) is 6.73. The lowest BCUT2D eigenvalue weighted by molar-refractivity contribution is 0.217. The zero-order chi connectivity index (χ0) is 18.5. The molecule has 0 saturated carbocycles.